The second-order valence-electron chi connectivity index (χ2n) is 13.1. The number of cyclic esters (lactones) is 1. The zero-order valence-corrected chi connectivity index (χ0v) is 25.2. The van der Waals surface area contributed by atoms with Crippen molar-refractivity contribution in [3.63, 3.8) is 0 Å². The van der Waals surface area contributed by atoms with E-state index in [0.717, 1.165) is 25.7 Å². The van der Waals surface area contributed by atoms with E-state index in [0.29, 0.717) is 24.3 Å². The van der Waals surface area contributed by atoms with Gasteiger partial charge in [-0.05, 0) is 86.5 Å². The van der Waals surface area contributed by atoms with E-state index in [1.165, 1.54) is 0 Å². The van der Waals surface area contributed by atoms with Gasteiger partial charge in [-0.25, -0.2) is 14.4 Å². The zero-order chi connectivity index (χ0) is 29.5. The molecule has 1 heterocycles. The van der Waals surface area contributed by atoms with Gasteiger partial charge < -0.3 is 23.7 Å². The fraction of sp³-hybridized carbons (Fsp3) is 0.862. The Hall–Kier alpha value is -2.36. The van der Waals surface area contributed by atoms with Gasteiger partial charge in [-0.3, -0.25) is 4.79 Å². The third kappa shape index (κ3) is 10.6. The molecule has 10 heteroatoms. The summed E-state index contributed by atoms with van der Waals surface area (Å²) in [5.41, 5.74) is -1.83. The van der Waals surface area contributed by atoms with Crippen molar-refractivity contribution in [3.8, 4) is 0 Å². The van der Waals surface area contributed by atoms with E-state index in [2.05, 4.69) is 0 Å². The van der Waals surface area contributed by atoms with Crippen molar-refractivity contribution in [3.05, 3.63) is 0 Å². The maximum absolute atomic E-state index is 13.5. The summed E-state index contributed by atoms with van der Waals surface area (Å²) in [6, 6.07) is -1.29. The lowest BCUT2D eigenvalue weighted by molar-refractivity contribution is -0.184. The van der Waals surface area contributed by atoms with E-state index in [9.17, 15) is 19.2 Å². The number of rotatable bonds is 6. The van der Waals surface area contributed by atoms with Gasteiger partial charge in [0.25, 0.3) is 0 Å². The van der Waals surface area contributed by atoms with Gasteiger partial charge in [0.1, 0.15) is 23.3 Å². The number of nitrogens with zero attached hydrogens (tertiary/aromatic N) is 1. The maximum Gasteiger partial charge on any atom is 0.420 e. The van der Waals surface area contributed by atoms with Crippen LogP contribution in [0.25, 0.3) is 0 Å². The third-order valence-corrected chi connectivity index (χ3v) is 6.45. The van der Waals surface area contributed by atoms with Gasteiger partial charge in [0.15, 0.2) is 6.10 Å². The molecule has 0 radical (unpaired) electrons. The molecule has 1 saturated carbocycles. The van der Waals surface area contributed by atoms with Crippen molar-refractivity contribution < 1.29 is 42.9 Å². The molecule has 39 heavy (non-hydrogen) atoms. The van der Waals surface area contributed by atoms with E-state index in [1.54, 1.807) is 48.5 Å². The molecule has 0 aromatic heterocycles. The summed E-state index contributed by atoms with van der Waals surface area (Å²) < 4.78 is 28.9. The van der Waals surface area contributed by atoms with Crippen LogP contribution >= 0.6 is 0 Å². The Morgan fingerprint density at radius 1 is 0.897 bits per heavy atom. The number of amides is 2. The minimum Gasteiger partial charge on any atom is -0.457 e. The summed E-state index contributed by atoms with van der Waals surface area (Å²) in [4.78, 5) is 53.6. The minimum atomic E-state index is -1.29. The zero-order valence-electron chi connectivity index (χ0n) is 25.2. The van der Waals surface area contributed by atoms with Crippen molar-refractivity contribution in [1.82, 2.24) is 4.90 Å². The van der Waals surface area contributed by atoms with Crippen molar-refractivity contribution in [2.45, 2.75) is 143 Å². The number of carbonyl (C=O) groups is 4. The highest BCUT2D eigenvalue weighted by molar-refractivity contribution is 5.94. The van der Waals surface area contributed by atoms with Crippen molar-refractivity contribution in [2.24, 2.45) is 11.8 Å². The predicted molar refractivity (Wildman–Crippen MR) is 144 cm³/mol. The van der Waals surface area contributed by atoms with Crippen molar-refractivity contribution in [1.29, 1.82) is 0 Å². The van der Waals surface area contributed by atoms with Gasteiger partial charge in [-0.1, -0.05) is 26.7 Å². The van der Waals surface area contributed by atoms with Crippen molar-refractivity contribution in [2.75, 3.05) is 6.61 Å². The van der Waals surface area contributed by atoms with Gasteiger partial charge in [-0.2, -0.15) is 4.90 Å². The van der Waals surface area contributed by atoms with Crippen LogP contribution in [0, 0.1) is 11.8 Å². The lowest BCUT2D eigenvalue weighted by Crippen LogP contribution is -2.53. The van der Waals surface area contributed by atoms with Crippen molar-refractivity contribution >= 4 is 24.1 Å². The molecule has 2 aliphatic rings. The molecule has 4 unspecified atom stereocenters. The smallest absolute Gasteiger partial charge is 0.420 e. The van der Waals surface area contributed by atoms with E-state index in [1.807, 2.05) is 13.8 Å². The standard InChI is InChI=1S/C29H49NO9/c1-18(2)17-35-22-16-12-15-21(30(26(33)38-28(4,5)6)27(34)39-29(7,8)9)25(32)36-19(3)23(22)37-24(31)20-13-10-11-14-20/h18-23H,10-17H2,1-9H3. The fourth-order valence-electron chi connectivity index (χ4n) is 4.67. The van der Waals surface area contributed by atoms with Crippen LogP contribution in [0.4, 0.5) is 9.59 Å². The quantitative estimate of drug-likeness (QED) is 0.296. The normalized spacial score (nSPS) is 25.2. The number of esters is 2. The Kier molecular flexibility index (Phi) is 11.6. The average Bonchev–Trinajstić information content (AvgIpc) is 3.31. The number of hydrogen-bond acceptors (Lipinski definition) is 9. The fourth-order valence-corrected chi connectivity index (χ4v) is 4.67. The Morgan fingerprint density at radius 2 is 1.44 bits per heavy atom. The SMILES string of the molecule is CC(C)COC1CCCC(N(C(=O)OC(C)(C)C)C(=O)OC(C)(C)C)C(=O)OC(C)C1OC(=O)C1CCCC1. The molecule has 1 saturated heterocycles. The molecule has 0 aromatic rings. The van der Waals surface area contributed by atoms with E-state index in [-0.39, 0.29) is 24.2 Å². The van der Waals surface area contributed by atoms with E-state index < -0.39 is 53.7 Å². The van der Waals surface area contributed by atoms with Gasteiger partial charge in [0, 0.05) is 6.61 Å². The van der Waals surface area contributed by atoms with Crippen LogP contribution in [0.15, 0.2) is 0 Å². The molecule has 224 valence electrons. The van der Waals surface area contributed by atoms with Gasteiger partial charge in [-0.15, -0.1) is 0 Å². The molecule has 4 atom stereocenters. The highest BCUT2D eigenvalue weighted by Gasteiger charge is 2.44. The Balaban J connectivity index is 2.36. The second-order valence-corrected chi connectivity index (χ2v) is 13.1. The number of imide groups is 1. The van der Waals surface area contributed by atoms with E-state index in [4.69, 9.17) is 23.7 Å². The van der Waals surface area contributed by atoms with Gasteiger partial charge >= 0.3 is 24.1 Å². The van der Waals surface area contributed by atoms with E-state index >= 15 is 0 Å². The summed E-state index contributed by atoms with van der Waals surface area (Å²) in [6.45, 7) is 16.1. The first-order valence-electron chi connectivity index (χ1n) is 14.3. The monoisotopic (exact) mass is 555 g/mol. The average molecular weight is 556 g/mol. The highest BCUT2D eigenvalue weighted by atomic mass is 16.6. The summed E-state index contributed by atoms with van der Waals surface area (Å²) in [5, 5.41) is 0. The first kappa shape index (κ1) is 32.8. The van der Waals surface area contributed by atoms with Crippen LogP contribution in [0.1, 0.15) is 107 Å². The molecule has 2 fully saturated rings. The van der Waals surface area contributed by atoms with Crippen LogP contribution in [0.5, 0.6) is 0 Å². The summed E-state index contributed by atoms with van der Waals surface area (Å²) in [5.74, 6) is -1.04. The topological polar surface area (TPSA) is 118 Å². The third-order valence-electron chi connectivity index (χ3n) is 6.45. The number of hydrogen-bond donors (Lipinski definition) is 0. The predicted octanol–water partition coefficient (Wildman–Crippen LogP) is 5.79. The number of ether oxygens (including phenoxy) is 5. The largest absolute Gasteiger partial charge is 0.457 e. The Bertz CT molecular complexity index is 824. The molecule has 2 amide bonds. The van der Waals surface area contributed by atoms with Gasteiger partial charge in [0.2, 0.25) is 0 Å². The second kappa shape index (κ2) is 13.8. The van der Waals surface area contributed by atoms with Gasteiger partial charge in [0.05, 0.1) is 12.0 Å². The molecule has 0 bridgehead atoms. The Morgan fingerprint density at radius 3 is 1.92 bits per heavy atom. The van der Waals surface area contributed by atoms with Crippen LogP contribution in [-0.4, -0.2) is 71.2 Å². The highest BCUT2D eigenvalue weighted by Crippen LogP contribution is 2.30. The first-order chi connectivity index (χ1) is 18.0. The first-order valence-corrected chi connectivity index (χ1v) is 14.3. The Labute approximate surface area is 233 Å². The molecule has 10 nitrogen and oxygen atoms in total. The molecular weight excluding hydrogens is 506 g/mol. The molecule has 1 aliphatic heterocycles. The van der Waals surface area contributed by atoms with Crippen LogP contribution in [0.2, 0.25) is 0 Å². The molecular formula is C29H49NO9. The molecule has 2 rings (SSSR count). The minimum absolute atomic E-state index is 0.106. The van der Waals surface area contributed by atoms with Crippen LogP contribution in [0.3, 0.4) is 0 Å². The molecule has 1 aliphatic carbocycles. The maximum atomic E-state index is 13.5. The van der Waals surface area contributed by atoms with Crippen LogP contribution in [-0.2, 0) is 33.3 Å². The number of carbonyl (C=O) groups excluding carboxylic acids is 4. The summed E-state index contributed by atoms with van der Waals surface area (Å²) in [6.07, 6.45) is 0.244. The van der Waals surface area contributed by atoms with Crippen LogP contribution < -0.4 is 0 Å². The molecule has 0 N–H and O–H groups in total. The molecule has 0 aromatic carbocycles. The lowest BCUT2D eigenvalue weighted by atomic mass is 10.0. The lowest BCUT2D eigenvalue weighted by Gasteiger charge is -2.33. The summed E-state index contributed by atoms with van der Waals surface area (Å²) >= 11 is 0. The molecule has 0 spiro atoms. The summed E-state index contributed by atoms with van der Waals surface area (Å²) in [7, 11) is 0.